The number of carboxylic acids is 1. The minimum atomic E-state index is -1.07. The molecule has 0 aliphatic rings. The fraction of sp³-hybridized carbons (Fsp3) is 0.200. The number of rotatable bonds is 5. The van der Waals surface area contributed by atoms with Crippen LogP contribution in [0.4, 0.5) is 0 Å². The number of furan rings is 1. The highest BCUT2D eigenvalue weighted by atomic mass is 16.4. The second-order valence-corrected chi connectivity index (χ2v) is 4.44. The predicted octanol–water partition coefficient (Wildman–Crippen LogP) is 2.01. The van der Waals surface area contributed by atoms with Gasteiger partial charge in [0.1, 0.15) is 11.8 Å². The van der Waals surface area contributed by atoms with Crippen LogP contribution in [0.5, 0.6) is 0 Å². The maximum atomic E-state index is 12.0. The van der Waals surface area contributed by atoms with Gasteiger partial charge < -0.3 is 14.8 Å². The monoisotopic (exact) mass is 273 g/mol. The molecule has 0 unspecified atom stereocenters. The van der Waals surface area contributed by atoms with E-state index in [-0.39, 0.29) is 6.42 Å². The third-order valence-electron chi connectivity index (χ3n) is 2.99. The van der Waals surface area contributed by atoms with Crippen molar-refractivity contribution >= 4 is 11.9 Å². The number of nitrogens with one attached hydrogen (secondary N) is 1. The fourth-order valence-electron chi connectivity index (χ4n) is 1.91. The molecule has 0 aliphatic heterocycles. The number of aliphatic carboxylic acids is 1. The minimum Gasteiger partial charge on any atom is -0.480 e. The highest BCUT2D eigenvalue weighted by Gasteiger charge is 2.22. The topological polar surface area (TPSA) is 79.5 Å². The van der Waals surface area contributed by atoms with Gasteiger partial charge in [-0.05, 0) is 18.6 Å². The molecule has 2 N–H and O–H groups in total. The third-order valence-corrected chi connectivity index (χ3v) is 2.99. The Bertz CT molecular complexity index is 603. The molecule has 1 aromatic carbocycles. The summed E-state index contributed by atoms with van der Waals surface area (Å²) in [4.78, 5) is 23.3. The van der Waals surface area contributed by atoms with Crippen molar-refractivity contribution in [3.05, 3.63) is 59.5 Å². The van der Waals surface area contributed by atoms with Gasteiger partial charge in [0.2, 0.25) is 0 Å². The molecule has 1 atom stereocenters. The molecule has 2 aromatic rings. The van der Waals surface area contributed by atoms with E-state index < -0.39 is 17.9 Å². The minimum absolute atomic E-state index is 0.235. The van der Waals surface area contributed by atoms with Crippen LogP contribution in [0.2, 0.25) is 0 Å². The Labute approximate surface area is 116 Å². The predicted molar refractivity (Wildman–Crippen MR) is 72.5 cm³/mol. The Kier molecular flexibility index (Phi) is 4.20. The van der Waals surface area contributed by atoms with Crippen molar-refractivity contribution in [3.8, 4) is 0 Å². The van der Waals surface area contributed by atoms with Crippen molar-refractivity contribution in [3.63, 3.8) is 0 Å². The lowest BCUT2D eigenvalue weighted by atomic mass is 10.1. The Morgan fingerprint density at radius 2 is 1.95 bits per heavy atom. The van der Waals surface area contributed by atoms with E-state index in [9.17, 15) is 14.7 Å². The standard InChI is InChI=1S/C15H15NO4/c1-10-12(7-8-20-10)14(17)16-13(15(18)19)9-11-5-3-2-4-6-11/h2-8,13H,9H2,1H3,(H,16,17)(H,18,19)/t13-/m1/s1. The van der Waals surface area contributed by atoms with Gasteiger partial charge in [0.15, 0.2) is 0 Å². The molecular weight excluding hydrogens is 258 g/mol. The van der Waals surface area contributed by atoms with Crippen LogP contribution in [-0.4, -0.2) is 23.0 Å². The normalized spacial score (nSPS) is 11.8. The summed E-state index contributed by atoms with van der Waals surface area (Å²) in [7, 11) is 0. The van der Waals surface area contributed by atoms with Crippen LogP contribution in [-0.2, 0) is 11.2 Å². The van der Waals surface area contributed by atoms with E-state index >= 15 is 0 Å². The maximum absolute atomic E-state index is 12.0. The van der Waals surface area contributed by atoms with Gasteiger partial charge in [-0.25, -0.2) is 4.79 Å². The van der Waals surface area contributed by atoms with Gasteiger partial charge in [-0.2, -0.15) is 0 Å². The van der Waals surface area contributed by atoms with Crippen molar-refractivity contribution in [2.24, 2.45) is 0 Å². The molecule has 0 fully saturated rings. The lowest BCUT2D eigenvalue weighted by Gasteiger charge is -2.14. The molecule has 5 heteroatoms. The van der Waals surface area contributed by atoms with Crippen LogP contribution in [0.15, 0.2) is 47.1 Å². The van der Waals surface area contributed by atoms with Gasteiger partial charge >= 0.3 is 5.97 Å². The van der Waals surface area contributed by atoms with Crippen LogP contribution >= 0.6 is 0 Å². The Morgan fingerprint density at radius 1 is 1.25 bits per heavy atom. The third kappa shape index (κ3) is 3.26. The first-order valence-corrected chi connectivity index (χ1v) is 6.19. The SMILES string of the molecule is Cc1occc1C(=O)N[C@H](Cc1ccccc1)C(=O)O. The molecule has 1 amide bonds. The van der Waals surface area contributed by atoms with E-state index in [0.717, 1.165) is 5.56 Å². The highest BCUT2D eigenvalue weighted by molar-refractivity contribution is 5.97. The number of carbonyl (C=O) groups is 2. The molecule has 1 aromatic heterocycles. The van der Waals surface area contributed by atoms with E-state index in [4.69, 9.17) is 4.42 Å². The van der Waals surface area contributed by atoms with E-state index in [1.54, 1.807) is 6.92 Å². The van der Waals surface area contributed by atoms with Gasteiger partial charge in [-0.1, -0.05) is 30.3 Å². The first-order chi connectivity index (χ1) is 9.58. The molecule has 1 heterocycles. The summed E-state index contributed by atoms with van der Waals surface area (Å²) in [5.74, 6) is -1.05. The zero-order chi connectivity index (χ0) is 14.5. The van der Waals surface area contributed by atoms with E-state index in [0.29, 0.717) is 11.3 Å². The second-order valence-electron chi connectivity index (χ2n) is 4.44. The molecule has 0 aliphatic carbocycles. The molecule has 0 saturated heterocycles. The second kappa shape index (κ2) is 6.06. The summed E-state index contributed by atoms with van der Waals surface area (Å²) in [6.07, 6.45) is 1.63. The van der Waals surface area contributed by atoms with Crippen molar-refractivity contribution in [2.45, 2.75) is 19.4 Å². The largest absolute Gasteiger partial charge is 0.480 e. The number of amides is 1. The lowest BCUT2D eigenvalue weighted by Crippen LogP contribution is -2.42. The zero-order valence-electron chi connectivity index (χ0n) is 11.0. The molecule has 5 nitrogen and oxygen atoms in total. The number of hydrogen-bond acceptors (Lipinski definition) is 3. The van der Waals surface area contributed by atoms with Crippen LogP contribution in [0.3, 0.4) is 0 Å². The Hall–Kier alpha value is -2.56. The summed E-state index contributed by atoms with van der Waals surface area (Å²) in [6, 6.07) is 9.71. The maximum Gasteiger partial charge on any atom is 0.326 e. The molecule has 2 rings (SSSR count). The lowest BCUT2D eigenvalue weighted by molar-refractivity contribution is -0.139. The number of benzene rings is 1. The molecule has 0 radical (unpaired) electrons. The van der Waals surface area contributed by atoms with Crippen LogP contribution in [0.1, 0.15) is 21.7 Å². The van der Waals surface area contributed by atoms with Crippen molar-refractivity contribution in [1.29, 1.82) is 0 Å². The number of aryl methyl sites for hydroxylation is 1. The summed E-state index contributed by atoms with van der Waals surface area (Å²) < 4.78 is 5.04. The highest BCUT2D eigenvalue weighted by Crippen LogP contribution is 2.10. The number of carboxylic acid groups (broad SMARTS) is 1. The Morgan fingerprint density at radius 3 is 2.50 bits per heavy atom. The summed E-state index contributed by atoms with van der Waals surface area (Å²) in [5, 5.41) is 11.7. The van der Waals surface area contributed by atoms with Gasteiger partial charge in [-0.3, -0.25) is 4.79 Å². The number of carbonyl (C=O) groups excluding carboxylic acids is 1. The van der Waals surface area contributed by atoms with E-state index in [2.05, 4.69) is 5.32 Å². The summed E-state index contributed by atoms with van der Waals surface area (Å²) >= 11 is 0. The molecule has 20 heavy (non-hydrogen) atoms. The zero-order valence-corrected chi connectivity index (χ0v) is 11.0. The van der Waals surface area contributed by atoms with Crippen molar-refractivity contribution in [1.82, 2.24) is 5.32 Å². The molecular formula is C15H15NO4. The van der Waals surface area contributed by atoms with Gasteiger partial charge in [0, 0.05) is 6.42 Å². The van der Waals surface area contributed by atoms with Crippen LogP contribution < -0.4 is 5.32 Å². The summed E-state index contributed by atoms with van der Waals surface area (Å²) in [6.45, 7) is 1.65. The van der Waals surface area contributed by atoms with Crippen molar-refractivity contribution in [2.75, 3.05) is 0 Å². The van der Waals surface area contributed by atoms with Crippen LogP contribution in [0.25, 0.3) is 0 Å². The first-order valence-electron chi connectivity index (χ1n) is 6.19. The first kappa shape index (κ1) is 13.9. The van der Waals surface area contributed by atoms with Gasteiger partial charge in [0.05, 0.1) is 11.8 Å². The van der Waals surface area contributed by atoms with E-state index in [1.165, 1.54) is 12.3 Å². The average molecular weight is 273 g/mol. The summed E-state index contributed by atoms with van der Waals surface area (Å²) in [5.41, 5.74) is 1.20. The quantitative estimate of drug-likeness (QED) is 0.873. The molecule has 0 saturated carbocycles. The average Bonchev–Trinajstić information content (AvgIpc) is 2.85. The molecule has 0 bridgehead atoms. The smallest absolute Gasteiger partial charge is 0.326 e. The van der Waals surface area contributed by atoms with Crippen molar-refractivity contribution < 1.29 is 19.1 Å². The molecule has 0 spiro atoms. The van der Waals surface area contributed by atoms with Gasteiger partial charge in [-0.15, -0.1) is 0 Å². The van der Waals surface area contributed by atoms with Crippen LogP contribution in [0, 0.1) is 6.92 Å². The fourth-order valence-corrected chi connectivity index (χ4v) is 1.91. The molecule has 104 valence electrons. The Balaban J connectivity index is 2.09. The van der Waals surface area contributed by atoms with E-state index in [1.807, 2.05) is 30.3 Å². The van der Waals surface area contributed by atoms with Gasteiger partial charge in [0.25, 0.3) is 5.91 Å². The number of hydrogen-bond donors (Lipinski definition) is 2.